The minimum Gasteiger partial charge on any atom is -0.489 e. The molecular formula is C18H21NO. The molecule has 0 radical (unpaired) electrons. The van der Waals surface area contributed by atoms with Crippen LogP contribution in [0.4, 0.5) is 0 Å². The molecule has 0 amide bonds. The lowest BCUT2D eigenvalue weighted by Crippen LogP contribution is -2.24. The summed E-state index contributed by atoms with van der Waals surface area (Å²) in [7, 11) is 0. The molecular weight excluding hydrogens is 246 g/mol. The molecule has 2 aromatic carbocycles. The molecule has 1 saturated heterocycles. The first kappa shape index (κ1) is 13.2. The van der Waals surface area contributed by atoms with Gasteiger partial charge in [0.1, 0.15) is 12.4 Å². The van der Waals surface area contributed by atoms with E-state index < -0.39 is 0 Å². The van der Waals surface area contributed by atoms with Crippen LogP contribution < -0.4 is 10.1 Å². The minimum atomic E-state index is 0.276. The third kappa shape index (κ3) is 2.86. The van der Waals surface area contributed by atoms with Crippen molar-refractivity contribution < 1.29 is 4.74 Å². The normalized spacial score (nSPS) is 21.9. The third-order valence-corrected chi connectivity index (χ3v) is 4.17. The molecule has 0 aromatic heterocycles. The average Bonchev–Trinajstić information content (AvgIpc) is 2.95. The lowest BCUT2D eigenvalue weighted by molar-refractivity contribution is 0.306. The third-order valence-electron chi connectivity index (χ3n) is 4.17. The topological polar surface area (TPSA) is 21.3 Å². The van der Waals surface area contributed by atoms with Gasteiger partial charge in [-0.05, 0) is 36.2 Å². The van der Waals surface area contributed by atoms with Crippen molar-refractivity contribution >= 4 is 0 Å². The molecule has 0 saturated carbocycles. The summed E-state index contributed by atoms with van der Waals surface area (Å²) in [6.07, 6.45) is 1.21. The van der Waals surface area contributed by atoms with E-state index in [9.17, 15) is 0 Å². The van der Waals surface area contributed by atoms with Gasteiger partial charge in [-0.15, -0.1) is 0 Å². The number of nitrogens with one attached hydrogen (secondary N) is 1. The molecule has 1 aliphatic heterocycles. The second kappa shape index (κ2) is 5.68. The molecule has 0 spiro atoms. The van der Waals surface area contributed by atoms with E-state index in [1.807, 2.05) is 18.2 Å². The van der Waals surface area contributed by atoms with Crippen LogP contribution in [0, 0.1) is 0 Å². The number of hydrogen-bond donors (Lipinski definition) is 1. The number of rotatable bonds is 4. The molecule has 3 rings (SSSR count). The highest BCUT2D eigenvalue weighted by Gasteiger charge is 2.30. The summed E-state index contributed by atoms with van der Waals surface area (Å²) in [5.74, 6) is 0.937. The van der Waals surface area contributed by atoms with Gasteiger partial charge in [0, 0.05) is 12.0 Å². The van der Waals surface area contributed by atoms with Crippen molar-refractivity contribution in [2.24, 2.45) is 0 Å². The Morgan fingerprint density at radius 3 is 2.45 bits per heavy atom. The van der Waals surface area contributed by atoms with Crippen LogP contribution >= 0.6 is 0 Å². The van der Waals surface area contributed by atoms with Gasteiger partial charge in [-0.1, -0.05) is 49.4 Å². The zero-order valence-corrected chi connectivity index (χ0v) is 11.9. The Morgan fingerprint density at radius 1 is 1.05 bits per heavy atom. The summed E-state index contributed by atoms with van der Waals surface area (Å²) in [6.45, 7) is 5.13. The monoisotopic (exact) mass is 267 g/mol. The Morgan fingerprint density at radius 2 is 1.80 bits per heavy atom. The molecule has 1 N–H and O–H groups in total. The maximum absolute atomic E-state index is 5.83. The molecule has 20 heavy (non-hydrogen) atoms. The molecule has 1 aliphatic rings. The zero-order chi connectivity index (χ0) is 13.8. The fourth-order valence-electron chi connectivity index (χ4n) is 2.76. The number of hydrogen-bond acceptors (Lipinski definition) is 2. The highest BCUT2D eigenvalue weighted by Crippen LogP contribution is 2.31. The van der Waals surface area contributed by atoms with Crippen molar-refractivity contribution in [2.45, 2.75) is 25.4 Å². The minimum absolute atomic E-state index is 0.276. The van der Waals surface area contributed by atoms with Gasteiger partial charge in [0.15, 0.2) is 0 Å². The van der Waals surface area contributed by atoms with Gasteiger partial charge in [0.05, 0.1) is 0 Å². The van der Waals surface area contributed by atoms with E-state index in [1.165, 1.54) is 17.5 Å². The number of ether oxygens (including phenoxy) is 1. The van der Waals surface area contributed by atoms with E-state index in [1.54, 1.807) is 0 Å². The molecule has 104 valence electrons. The van der Waals surface area contributed by atoms with Gasteiger partial charge in [-0.25, -0.2) is 0 Å². The first-order valence-corrected chi connectivity index (χ1v) is 7.24. The van der Waals surface area contributed by atoms with Crippen molar-refractivity contribution in [3.05, 3.63) is 65.7 Å². The van der Waals surface area contributed by atoms with Gasteiger partial charge in [0.2, 0.25) is 0 Å². The number of benzene rings is 2. The van der Waals surface area contributed by atoms with Gasteiger partial charge < -0.3 is 10.1 Å². The summed E-state index contributed by atoms with van der Waals surface area (Å²) >= 11 is 0. The highest BCUT2D eigenvalue weighted by molar-refractivity contribution is 5.33. The van der Waals surface area contributed by atoms with Crippen molar-refractivity contribution in [1.82, 2.24) is 5.32 Å². The van der Waals surface area contributed by atoms with Crippen LogP contribution in [-0.2, 0) is 12.0 Å². The Labute approximate surface area is 120 Å². The summed E-state index contributed by atoms with van der Waals surface area (Å²) in [6, 6.07) is 18.8. The summed E-state index contributed by atoms with van der Waals surface area (Å²) in [5.41, 5.74) is 2.87. The van der Waals surface area contributed by atoms with E-state index >= 15 is 0 Å². The maximum atomic E-state index is 5.83. The van der Waals surface area contributed by atoms with E-state index in [4.69, 9.17) is 4.74 Å². The van der Waals surface area contributed by atoms with Crippen LogP contribution in [0.3, 0.4) is 0 Å². The summed E-state index contributed by atoms with van der Waals surface area (Å²) in [5, 5.41) is 3.44. The Balaban J connectivity index is 1.64. The fraction of sp³-hybridized carbons (Fsp3) is 0.333. The predicted octanol–water partition coefficient (Wildman–Crippen LogP) is 3.52. The molecule has 0 bridgehead atoms. The van der Waals surface area contributed by atoms with Crippen LogP contribution in [-0.4, -0.2) is 13.1 Å². The van der Waals surface area contributed by atoms with Crippen LogP contribution in [0.5, 0.6) is 5.75 Å². The van der Waals surface area contributed by atoms with Crippen molar-refractivity contribution in [1.29, 1.82) is 0 Å². The van der Waals surface area contributed by atoms with E-state index in [0.29, 0.717) is 6.61 Å². The first-order valence-electron chi connectivity index (χ1n) is 7.24. The second-order valence-electron chi connectivity index (χ2n) is 5.79. The Bertz CT molecular complexity index is 541. The molecule has 2 aromatic rings. The summed E-state index contributed by atoms with van der Waals surface area (Å²) in [4.78, 5) is 0. The molecule has 1 heterocycles. The van der Waals surface area contributed by atoms with Crippen LogP contribution in [0.15, 0.2) is 54.6 Å². The molecule has 1 atom stereocenters. The van der Waals surface area contributed by atoms with Crippen molar-refractivity contribution in [3.8, 4) is 5.75 Å². The SMILES string of the molecule is CC1(c2ccc(OCc3ccccc3)cc2)CCNC1. The maximum Gasteiger partial charge on any atom is 0.119 e. The Hall–Kier alpha value is -1.80. The molecule has 1 fully saturated rings. The molecule has 1 unspecified atom stereocenters. The smallest absolute Gasteiger partial charge is 0.119 e. The lowest BCUT2D eigenvalue weighted by Gasteiger charge is -2.23. The predicted molar refractivity (Wildman–Crippen MR) is 82.1 cm³/mol. The van der Waals surface area contributed by atoms with E-state index in [-0.39, 0.29) is 5.41 Å². The molecule has 2 nitrogen and oxygen atoms in total. The van der Waals surface area contributed by atoms with Gasteiger partial charge in [-0.3, -0.25) is 0 Å². The van der Waals surface area contributed by atoms with Crippen molar-refractivity contribution in [2.75, 3.05) is 13.1 Å². The summed E-state index contributed by atoms with van der Waals surface area (Å²) < 4.78 is 5.83. The van der Waals surface area contributed by atoms with Crippen LogP contribution in [0.1, 0.15) is 24.5 Å². The zero-order valence-electron chi connectivity index (χ0n) is 11.9. The first-order chi connectivity index (χ1) is 9.76. The second-order valence-corrected chi connectivity index (χ2v) is 5.79. The standard InChI is InChI=1S/C18H21NO/c1-18(11-12-19-14-18)16-7-9-17(10-8-16)20-13-15-5-3-2-4-6-15/h2-10,19H,11-14H2,1H3. The molecule has 2 heteroatoms. The van der Waals surface area contributed by atoms with Gasteiger partial charge in [0.25, 0.3) is 0 Å². The van der Waals surface area contributed by atoms with Crippen LogP contribution in [0.2, 0.25) is 0 Å². The van der Waals surface area contributed by atoms with Crippen molar-refractivity contribution in [3.63, 3.8) is 0 Å². The fourth-order valence-corrected chi connectivity index (χ4v) is 2.76. The average molecular weight is 267 g/mol. The highest BCUT2D eigenvalue weighted by atomic mass is 16.5. The molecule has 0 aliphatic carbocycles. The largest absolute Gasteiger partial charge is 0.489 e. The van der Waals surface area contributed by atoms with Crippen LogP contribution in [0.25, 0.3) is 0 Å². The Kier molecular flexibility index (Phi) is 3.75. The van der Waals surface area contributed by atoms with E-state index in [2.05, 4.69) is 48.6 Å². The quantitative estimate of drug-likeness (QED) is 0.915. The van der Waals surface area contributed by atoms with Gasteiger partial charge in [-0.2, -0.15) is 0 Å². The van der Waals surface area contributed by atoms with E-state index in [0.717, 1.165) is 18.8 Å². The lowest BCUT2D eigenvalue weighted by atomic mass is 9.82. The van der Waals surface area contributed by atoms with Gasteiger partial charge >= 0.3 is 0 Å².